The van der Waals surface area contributed by atoms with E-state index in [1.54, 1.807) is 17.0 Å². The lowest BCUT2D eigenvalue weighted by molar-refractivity contribution is -0.142. The lowest BCUT2D eigenvalue weighted by Gasteiger charge is -2.41. The van der Waals surface area contributed by atoms with Gasteiger partial charge in [-0.2, -0.15) is 0 Å². The van der Waals surface area contributed by atoms with Crippen molar-refractivity contribution in [3.8, 4) is 11.5 Å². The molecule has 1 aromatic rings. The number of fused-ring (bicyclic) bond motifs is 3. The maximum atomic E-state index is 12.4. The molecule has 10 nitrogen and oxygen atoms in total. The molecule has 3 fully saturated rings. The van der Waals surface area contributed by atoms with E-state index in [-0.39, 0.29) is 35.0 Å². The molecule has 0 aromatic heterocycles. The summed E-state index contributed by atoms with van der Waals surface area (Å²) in [6.45, 7) is -2.09. The van der Waals surface area contributed by atoms with Gasteiger partial charge in [-0.1, -0.05) is 18.3 Å². The fraction of sp³-hybridized carbons (Fsp3) is 0.556. The number of aromatic carboxylic acids is 1. The van der Waals surface area contributed by atoms with Crippen molar-refractivity contribution in [2.75, 3.05) is 19.6 Å². The number of rotatable bonds is 4. The van der Waals surface area contributed by atoms with Gasteiger partial charge in [-0.3, -0.25) is 4.79 Å². The predicted molar refractivity (Wildman–Crippen MR) is 98.7 cm³/mol. The quantitative estimate of drug-likeness (QED) is 0.393. The van der Waals surface area contributed by atoms with Gasteiger partial charge in [-0.15, -0.1) is 0 Å². The molecular formula is C18H22BN2O8-. The molecule has 4 aliphatic rings. The monoisotopic (exact) mass is 405 g/mol. The Labute approximate surface area is 166 Å². The molecule has 4 atom stereocenters. The predicted octanol–water partition coefficient (Wildman–Crippen LogP) is -1.13. The molecule has 0 spiro atoms. The molecule has 0 radical (unpaired) electrons. The fourth-order valence-corrected chi connectivity index (χ4v) is 4.61. The zero-order valence-electron chi connectivity index (χ0n) is 15.5. The highest BCUT2D eigenvalue weighted by Gasteiger charge is 2.55. The van der Waals surface area contributed by atoms with Crippen LogP contribution in [0.4, 0.5) is 0 Å². The molecule has 156 valence electrons. The standard InChI is InChI=1S/C18H22BN2O8/c22-8-3-13(20-5-8)17(23)21-6-9(7-21)28-14-2-1-10-11-4-12(11)19(26,27)29-16(10)15(14)18(24)25/h1-2,8-9,11-13,20,22,26-27H,3-7H2,(H,24,25)/q-1/t8-,11+,12+,13-/m0/s1. The van der Waals surface area contributed by atoms with Gasteiger partial charge in [-0.25, -0.2) is 4.79 Å². The smallest absolute Gasteiger partial charge is 0.434 e. The van der Waals surface area contributed by atoms with E-state index in [1.807, 2.05) is 0 Å². The summed E-state index contributed by atoms with van der Waals surface area (Å²) in [7, 11) is 0. The molecule has 1 aromatic carbocycles. The number of carboxylic acids is 1. The first-order chi connectivity index (χ1) is 13.7. The van der Waals surface area contributed by atoms with Crippen LogP contribution >= 0.6 is 0 Å². The van der Waals surface area contributed by atoms with Crippen LogP contribution in [0.15, 0.2) is 12.1 Å². The molecule has 1 amide bonds. The molecular weight excluding hydrogens is 383 g/mol. The zero-order valence-corrected chi connectivity index (χ0v) is 15.5. The molecule has 5 N–H and O–H groups in total. The topological polar surface area (TPSA) is 149 Å². The molecule has 2 saturated heterocycles. The van der Waals surface area contributed by atoms with E-state index in [0.29, 0.717) is 38.0 Å². The number of aliphatic hydroxyl groups is 1. The first kappa shape index (κ1) is 18.7. The van der Waals surface area contributed by atoms with Gasteiger partial charge < -0.3 is 39.9 Å². The number of benzene rings is 1. The lowest BCUT2D eigenvalue weighted by atomic mass is 9.68. The number of aliphatic hydroxyl groups excluding tert-OH is 1. The minimum atomic E-state index is -3.09. The van der Waals surface area contributed by atoms with Gasteiger partial charge in [0, 0.05) is 6.54 Å². The lowest BCUT2D eigenvalue weighted by Crippen LogP contribution is -2.59. The summed E-state index contributed by atoms with van der Waals surface area (Å²) in [4.78, 5) is 25.9. The number of amides is 1. The molecule has 0 unspecified atom stereocenters. The molecule has 3 heterocycles. The number of carbonyl (C=O) groups is 2. The van der Waals surface area contributed by atoms with Crippen molar-refractivity contribution in [1.29, 1.82) is 0 Å². The van der Waals surface area contributed by atoms with Crippen molar-refractivity contribution in [2.24, 2.45) is 0 Å². The van der Waals surface area contributed by atoms with Crippen LogP contribution in [0.25, 0.3) is 0 Å². The van der Waals surface area contributed by atoms with Gasteiger partial charge >= 0.3 is 12.7 Å². The van der Waals surface area contributed by atoms with Crippen LogP contribution in [0, 0.1) is 0 Å². The highest BCUT2D eigenvalue weighted by atomic mass is 16.6. The second-order valence-corrected chi connectivity index (χ2v) is 8.38. The van der Waals surface area contributed by atoms with E-state index in [2.05, 4.69) is 5.32 Å². The number of nitrogens with zero attached hydrogens (tertiary/aromatic N) is 1. The maximum Gasteiger partial charge on any atom is 0.434 e. The third kappa shape index (κ3) is 3.05. The van der Waals surface area contributed by atoms with Gasteiger partial charge in [0.15, 0.2) is 0 Å². The van der Waals surface area contributed by atoms with Gasteiger partial charge in [-0.05, 0) is 24.0 Å². The van der Waals surface area contributed by atoms with Crippen molar-refractivity contribution < 1.29 is 39.2 Å². The number of hydrogen-bond acceptors (Lipinski definition) is 8. The van der Waals surface area contributed by atoms with Gasteiger partial charge in [0.05, 0.1) is 31.0 Å². The Kier molecular flexibility index (Phi) is 4.08. The van der Waals surface area contributed by atoms with Crippen molar-refractivity contribution in [1.82, 2.24) is 10.2 Å². The highest BCUT2D eigenvalue weighted by molar-refractivity contribution is 6.62. The van der Waals surface area contributed by atoms with Crippen LogP contribution in [0.1, 0.15) is 34.7 Å². The highest BCUT2D eigenvalue weighted by Crippen LogP contribution is 2.63. The van der Waals surface area contributed by atoms with Crippen LogP contribution in [0.2, 0.25) is 5.82 Å². The van der Waals surface area contributed by atoms with Crippen LogP contribution in [-0.4, -0.2) is 81.7 Å². The van der Waals surface area contributed by atoms with Crippen molar-refractivity contribution >= 4 is 18.6 Å². The number of hydrogen-bond donors (Lipinski definition) is 5. The molecule has 29 heavy (non-hydrogen) atoms. The largest absolute Gasteiger partial charge is 0.669 e. The minimum Gasteiger partial charge on any atom is -0.669 e. The third-order valence-corrected chi connectivity index (χ3v) is 6.31. The molecule has 0 bridgehead atoms. The van der Waals surface area contributed by atoms with E-state index in [9.17, 15) is 29.9 Å². The Morgan fingerprint density at radius 1 is 1.24 bits per heavy atom. The van der Waals surface area contributed by atoms with Crippen LogP contribution in [-0.2, 0) is 4.79 Å². The van der Waals surface area contributed by atoms with Gasteiger partial charge in [0.2, 0.25) is 5.91 Å². The van der Waals surface area contributed by atoms with Crippen LogP contribution in [0.5, 0.6) is 11.5 Å². The number of carboxylic acid groups (broad SMARTS) is 1. The first-order valence-corrected chi connectivity index (χ1v) is 9.80. The van der Waals surface area contributed by atoms with E-state index in [4.69, 9.17) is 9.39 Å². The van der Waals surface area contributed by atoms with E-state index in [1.165, 1.54) is 0 Å². The number of likely N-dealkylation sites (tertiary alicyclic amines) is 1. The van der Waals surface area contributed by atoms with E-state index < -0.39 is 30.7 Å². The molecule has 3 aliphatic heterocycles. The minimum absolute atomic E-state index is 0.0462. The maximum absolute atomic E-state index is 12.4. The Morgan fingerprint density at radius 3 is 2.66 bits per heavy atom. The van der Waals surface area contributed by atoms with Crippen molar-refractivity contribution in [3.63, 3.8) is 0 Å². The second-order valence-electron chi connectivity index (χ2n) is 8.38. The second kappa shape index (κ2) is 6.33. The average Bonchev–Trinajstić information content (AvgIpc) is 3.32. The Bertz CT molecular complexity index is 887. The normalized spacial score (nSPS) is 31.9. The summed E-state index contributed by atoms with van der Waals surface area (Å²) in [6.07, 6.45) is 0.0178. The molecule has 11 heteroatoms. The summed E-state index contributed by atoms with van der Waals surface area (Å²) >= 11 is 0. The Hall–Kier alpha value is -2.34. The Balaban J connectivity index is 1.30. The summed E-state index contributed by atoms with van der Waals surface area (Å²) in [5.74, 6) is -1.87. The SMILES string of the molecule is O=C(O)c1c(OC2CN(C(=O)[C@@H]3C[C@H](O)CN3)C2)ccc2c1O[B-](O)(O)[C@@H]1C[C@H]21. The summed E-state index contributed by atoms with van der Waals surface area (Å²) in [5.41, 5.74) is 0.421. The summed E-state index contributed by atoms with van der Waals surface area (Å²) in [6, 6.07) is 2.86. The summed E-state index contributed by atoms with van der Waals surface area (Å²) < 4.78 is 11.1. The number of nitrogens with one attached hydrogen (secondary N) is 1. The average molecular weight is 405 g/mol. The van der Waals surface area contributed by atoms with E-state index >= 15 is 0 Å². The first-order valence-electron chi connectivity index (χ1n) is 9.80. The fourth-order valence-electron chi connectivity index (χ4n) is 4.61. The van der Waals surface area contributed by atoms with E-state index in [0.717, 1.165) is 0 Å². The molecule has 5 rings (SSSR count). The number of β-amino-alcohol motifs (C(OH)–C–C–N with tert-alkyl or cyclic N) is 1. The third-order valence-electron chi connectivity index (χ3n) is 6.31. The van der Waals surface area contributed by atoms with Crippen molar-refractivity contribution in [2.45, 2.75) is 42.8 Å². The van der Waals surface area contributed by atoms with Crippen LogP contribution < -0.4 is 14.7 Å². The number of carbonyl (C=O) groups excluding carboxylic acids is 1. The zero-order chi connectivity index (χ0) is 20.5. The molecule has 1 saturated carbocycles. The summed E-state index contributed by atoms with van der Waals surface area (Å²) in [5, 5.41) is 42.4. The Morgan fingerprint density at radius 2 is 2.00 bits per heavy atom. The number of ether oxygens (including phenoxy) is 1. The molecule has 1 aliphatic carbocycles. The van der Waals surface area contributed by atoms with Gasteiger partial charge in [0.25, 0.3) is 0 Å². The van der Waals surface area contributed by atoms with Crippen LogP contribution in [0.3, 0.4) is 0 Å². The van der Waals surface area contributed by atoms with Crippen molar-refractivity contribution in [3.05, 3.63) is 23.3 Å². The van der Waals surface area contributed by atoms with Gasteiger partial charge in [0.1, 0.15) is 17.4 Å².